The minimum absolute atomic E-state index is 0.0907. The van der Waals surface area contributed by atoms with Crippen LogP contribution in [0.4, 0.5) is 5.69 Å². The smallest absolute Gasteiger partial charge is 0.257 e. The van der Waals surface area contributed by atoms with Gasteiger partial charge in [-0.3, -0.25) is 9.89 Å². The number of amides is 1. The molecule has 2 heterocycles. The first-order valence-corrected chi connectivity index (χ1v) is 8.94. The molecule has 1 aliphatic heterocycles. The summed E-state index contributed by atoms with van der Waals surface area (Å²) in [6.07, 6.45) is 5.35. The summed E-state index contributed by atoms with van der Waals surface area (Å²) in [7, 11) is 1.68. The van der Waals surface area contributed by atoms with Crippen molar-refractivity contribution < 1.29 is 9.53 Å². The van der Waals surface area contributed by atoms with Gasteiger partial charge < -0.3 is 15.0 Å². The Bertz CT molecular complexity index is 705. The molecule has 6 heteroatoms. The topological polar surface area (TPSA) is 70.2 Å². The van der Waals surface area contributed by atoms with Crippen molar-refractivity contribution in [3.63, 3.8) is 0 Å². The Balaban J connectivity index is 1.58. The van der Waals surface area contributed by atoms with Crippen molar-refractivity contribution >= 4 is 11.6 Å². The zero-order valence-electron chi connectivity index (χ0n) is 14.9. The largest absolute Gasteiger partial charge is 0.495 e. The number of benzene rings is 1. The summed E-state index contributed by atoms with van der Waals surface area (Å²) in [6.45, 7) is 3.61. The van der Waals surface area contributed by atoms with Gasteiger partial charge in [0.2, 0.25) is 0 Å². The van der Waals surface area contributed by atoms with Gasteiger partial charge in [-0.25, -0.2) is 0 Å². The number of rotatable bonds is 6. The first-order chi connectivity index (χ1) is 12.2. The van der Waals surface area contributed by atoms with E-state index in [1.807, 2.05) is 29.2 Å². The average Bonchev–Trinajstić information content (AvgIpc) is 3.11. The number of hydrogen-bond donors (Lipinski definition) is 2. The summed E-state index contributed by atoms with van der Waals surface area (Å²) in [6, 6.07) is 8.29. The van der Waals surface area contributed by atoms with E-state index < -0.39 is 0 Å². The van der Waals surface area contributed by atoms with Crippen LogP contribution in [0.15, 0.2) is 30.5 Å². The number of aromatic amines is 1. The Morgan fingerprint density at radius 2 is 2.12 bits per heavy atom. The van der Waals surface area contributed by atoms with E-state index in [2.05, 4.69) is 22.4 Å². The molecule has 0 saturated carbocycles. The number of H-pyrrole nitrogens is 1. The van der Waals surface area contributed by atoms with Crippen LogP contribution >= 0.6 is 0 Å². The highest BCUT2D eigenvalue weighted by molar-refractivity contribution is 5.95. The molecule has 2 aromatic rings. The van der Waals surface area contributed by atoms with Gasteiger partial charge in [0, 0.05) is 24.8 Å². The molecule has 0 radical (unpaired) electrons. The van der Waals surface area contributed by atoms with Crippen LogP contribution in [0.5, 0.6) is 5.75 Å². The third kappa shape index (κ3) is 3.95. The predicted octanol–water partition coefficient (Wildman–Crippen LogP) is 3.09. The summed E-state index contributed by atoms with van der Waals surface area (Å²) in [5.74, 6) is 0.941. The number of para-hydroxylation sites is 2. The minimum atomic E-state index is 0.0907. The highest BCUT2D eigenvalue weighted by Gasteiger charge is 2.26. The lowest BCUT2D eigenvalue weighted by Crippen LogP contribution is -2.42. The van der Waals surface area contributed by atoms with E-state index in [0.29, 0.717) is 6.04 Å². The van der Waals surface area contributed by atoms with Gasteiger partial charge in [0.1, 0.15) is 5.75 Å². The van der Waals surface area contributed by atoms with Gasteiger partial charge in [-0.05, 0) is 31.4 Å². The van der Waals surface area contributed by atoms with Crippen LogP contribution in [0, 0.1) is 0 Å². The van der Waals surface area contributed by atoms with Crippen LogP contribution in [-0.2, 0) is 6.42 Å². The number of hydrogen-bond acceptors (Lipinski definition) is 4. The standard InChI is InChI=1S/C19H26N4O2/c1-3-6-16-15(13-20-22-16)19(24)23-11-9-14(10-12-23)21-17-7-4-5-8-18(17)25-2/h4-5,7-8,13-14,21H,3,6,9-12H2,1-2H3,(H,20,22). The second-order valence-electron chi connectivity index (χ2n) is 6.42. The molecule has 3 rings (SSSR count). The number of carbonyl (C=O) groups is 1. The van der Waals surface area contributed by atoms with E-state index in [4.69, 9.17) is 4.74 Å². The molecule has 0 spiro atoms. The highest BCUT2D eigenvalue weighted by Crippen LogP contribution is 2.26. The number of aromatic nitrogens is 2. The molecule has 134 valence electrons. The third-order valence-corrected chi connectivity index (χ3v) is 4.70. The molecule has 1 aromatic heterocycles. The lowest BCUT2D eigenvalue weighted by Gasteiger charge is -2.33. The van der Waals surface area contributed by atoms with Gasteiger partial charge in [0.25, 0.3) is 5.91 Å². The number of carbonyl (C=O) groups excluding carboxylic acids is 1. The van der Waals surface area contributed by atoms with Crippen molar-refractivity contribution in [2.45, 2.75) is 38.6 Å². The Morgan fingerprint density at radius 3 is 2.84 bits per heavy atom. The van der Waals surface area contributed by atoms with Crippen LogP contribution in [0.3, 0.4) is 0 Å². The fourth-order valence-corrected chi connectivity index (χ4v) is 3.32. The molecular weight excluding hydrogens is 316 g/mol. The fourth-order valence-electron chi connectivity index (χ4n) is 3.32. The van der Waals surface area contributed by atoms with E-state index in [-0.39, 0.29) is 5.91 Å². The van der Waals surface area contributed by atoms with E-state index in [9.17, 15) is 4.79 Å². The van der Waals surface area contributed by atoms with E-state index in [1.54, 1.807) is 13.3 Å². The third-order valence-electron chi connectivity index (χ3n) is 4.70. The van der Waals surface area contributed by atoms with Crippen molar-refractivity contribution in [3.8, 4) is 5.75 Å². The zero-order valence-corrected chi connectivity index (χ0v) is 14.9. The van der Waals surface area contributed by atoms with Crippen LogP contribution in [-0.4, -0.2) is 47.2 Å². The Kier molecular flexibility index (Phi) is 5.58. The van der Waals surface area contributed by atoms with Crippen molar-refractivity contribution in [1.29, 1.82) is 0 Å². The predicted molar refractivity (Wildman–Crippen MR) is 98.1 cm³/mol. The second kappa shape index (κ2) is 8.05. The van der Waals surface area contributed by atoms with E-state index in [0.717, 1.165) is 61.5 Å². The molecule has 1 aromatic carbocycles. The molecule has 0 atom stereocenters. The normalized spacial score (nSPS) is 15.2. The number of nitrogens with zero attached hydrogens (tertiary/aromatic N) is 2. The van der Waals surface area contributed by atoms with Crippen molar-refractivity contribution in [1.82, 2.24) is 15.1 Å². The zero-order chi connectivity index (χ0) is 17.6. The lowest BCUT2D eigenvalue weighted by atomic mass is 10.0. The maximum Gasteiger partial charge on any atom is 0.257 e. The van der Waals surface area contributed by atoms with Crippen LogP contribution < -0.4 is 10.1 Å². The maximum atomic E-state index is 12.7. The Labute approximate surface area is 148 Å². The van der Waals surface area contributed by atoms with Gasteiger partial charge in [0.15, 0.2) is 0 Å². The number of likely N-dealkylation sites (tertiary alicyclic amines) is 1. The fraction of sp³-hybridized carbons (Fsp3) is 0.474. The van der Waals surface area contributed by atoms with Crippen molar-refractivity contribution in [2.75, 3.05) is 25.5 Å². The van der Waals surface area contributed by atoms with Crippen LogP contribution in [0.2, 0.25) is 0 Å². The highest BCUT2D eigenvalue weighted by atomic mass is 16.5. The van der Waals surface area contributed by atoms with Gasteiger partial charge >= 0.3 is 0 Å². The first-order valence-electron chi connectivity index (χ1n) is 8.94. The van der Waals surface area contributed by atoms with Crippen LogP contribution in [0.1, 0.15) is 42.2 Å². The van der Waals surface area contributed by atoms with Gasteiger partial charge in [-0.15, -0.1) is 0 Å². The molecule has 1 saturated heterocycles. The van der Waals surface area contributed by atoms with E-state index in [1.165, 1.54) is 0 Å². The second-order valence-corrected chi connectivity index (χ2v) is 6.42. The Morgan fingerprint density at radius 1 is 1.36 bits per heavy atom. The molecule has 6 nitrogen and oxygen atoms in total. The molecule has 1 fully saturated rings. The molecular formula is C19H26N4O2. The molecule has 0 bridgehead atoms. The van der Waals surface area contributed by atoms with Gasteiger partial charge in [-0.2, -0.15) is 5.10 Å². The van der Waals surface area contributed by atoms with Gasteiger partial charge in [-0.1, -0.05) is 25.5 Å². The number of nitrogens with one attached hydrogen (secondary N) is 2. The monoisotopic (exact) mass is 342 g/mol. The maximum absolute atomic E-state index is 12.7. The molecule has 0 aliphatic carbocycles. The molecule has 25 heavy (non-hydrogen) atoms. The number of aryl methyl sites for hydroxylation is 1. The van der Waals surface area contributed by atoms with Crippen molar-refractivity contribution in [2.24, 2.45) is 0 Å². The SMILES string of the molecule is CCCc1[nH]ncc1C(=O)N1CCC(Nc2ccccc2OC)CC1. The van der Waals surface area contributed by atoms with Gasteiger partial charge in [0.05, 0.1) is 24.6 Å². The van der Waals surface area contributed by atoms with E-state index >= 15 is 0 Å². The summed E-state index contributed by atoms with van der Waals surface area (Å²) in [5.41, 5.74) is 2.68. The average molecular weight is 342 g/mol. The number of piperidine rings is 1. The minimum Gasteiger partial charge on any atom is -0.495 e. The summed E-state index contributed by atoms with van der Waals surface area (Å²) in [5, 5.41) is 10.5. The first kappa shape index (κ1) is 17.3. The van der Waals surface area contributed by atoms with Crippen LogP contribution in [0.25, 0.3) is 0 Å². The molecule has 1 aliphatic rings. The number of methoxy groups -OCH3 is 1. The number of ether oxygens (including phenoxy) is 1. The Hall–Kier alpha value is -2.50. The lowest BCUT2D eigenvalue weighted by molar-refractivity contribution is 0.0717. The molecule has 2 N–H and O–H groups in total. The summed E-state index contributed by atoms with van der Waals surface area (Å²) < 4.78 is 5.39. The summed E-state index contributed by atoms with van der Waals surface area (Å²) >= 11 is 0. The molecule has 1 amide bonds. The van der Waals surface area contributed by atoms with Crippen molar-refractivity contribution in [3.05, 3.63) is 41.7 Å². The number of anilines is 1. The molecule has 0 unspecified atom stereocenters. The quantitative estimate of drug-likeness (QED) is 0.846. The summed E-state index contributed by atoms with van der Waals surface area (Å²) in [4.78, 5) is 14.7.